The van der Waals surface area contributed by atoms with Gasteiger partial charge in [0, 0.05) is 19.3 Å². The van der Waals surface area contributed by atoms with Crippen LogP contribution in [0.1, 0.15) is 19.4 Å². The summed E-state index contributed by atoms with van der Waals surface area (Å²) in [6.45, 7) is 5.16. The summed E-state index contributed by atoms with van der Waals surface area (Å²) >= 11 is 0. The van der Waals surface area contributed by atoms with E-state index >= 15 is 0 Å². The minimum atomic E-state index is -0.622. The number of aromatic nitrogens is 1. The van der Waals surface area contributed by atoms with Crippen molar-refractivity contribution in [1.29, 1.82) is 5.26 Å². The summed E-state index contributed by atoms with van der Waals surface area (Å²) in [5.74, 6) is 0.228. The molecule has 0 spiro atoms. The zero-order valence-corrected chi connectivity index (χ0v) is 9.51. The zero-order chi connectivity index (χ0) is 11.8. The van der Waals surface area contributed by atoms with E-state index in [1.54, 1.807) is 18.5 Å². The van der Waals surface area contributed by atoms with Gasteiger partial charge in [0.25, 0.3) is 0 Å². The van der Waals surface area contributed by atoms with Gasteiger partial charge in [0.2, 0.25) is 0 Å². The Hall–Kier alpha value is -1.60. The van der Waals surface area contributed by atoms with Crippen LogP contribution in [0.4, 0.5) is 5.69 Å². The van der Waals surface area contributed by atoms with E-state index < -0.39 is 5.60 Å². The smallest absolute Gasteiger partial charge is 0.102 e. The van der Waals surface area contributed by atoms with E-state index in [2.05, 4.69) is 11.1 Å². The molecule has 0 aromatic carbocycles. The van der Waals surface area contributed by atoms with E-state index in [-0.39, 0.29) is 5.92 Å². The highest BCUT2D eigenvalue weighted by Crippen LogP contribution is 2.33. The molecule has 1 aromatic heterocycles. The van der Waals surface area contributed by atoms with Crippen molar-refractivity contribution in [2.75, 3.05) is 18.0 Å². The first-order valence-electron chi connectivity index (χ1n) is 5.38. The van der Waals surface area contributed by atoms with Gasteiger partial charge in [0.1, 0.15) is 11.7 Å². The third-order valence-corrected chi connectivity index (χ3v) is 3.27. The highest BCUT2D eigenvalue weighted by Gasteiger charge is 2.44. The molecule has 0 amide bonds. The molecule has 1 aliphatic rings. The number of rotatable bonds is 2. The van der Waals surface area contributed by atoms with Crippen LogP contribution in [-0.4, -0.2) is 28.8 Å². The number of hydrogen-bond donors (Lipinski definition) is 1. The Balaban J connectivity index is 2.16. The third-order valence-electron chi connectivity index (χ3n) is 3.27. The molecule has 0 radical (unpaired) electrons. The van der Waals surface area contributed by atoms with Gasteiger partial charge in [-0.3, -0.25) is 4.98 Å². The second kappa shape index (κ2) is 3.76. The average molecular weight is 217 g/mol. The lowest BCUT2D eigenvalue weighted by Gasteiger charge is -2.50. The van der Waals surface area contributed by atoms with Gasteiger partial charge in [-0.05, 0) is 12.0 Å². The molecular formula is C12H15N3O. The molecule has 1 fully saturated rings. The summed E-state index contributed by atoms with van der Waals surface area (Å²) in [6.07, 6.45) is 3.29. The Morgan fingerprint density at radius 1 is 1.56 bits per heavy atom. The van der Waals surface area contributed by atoms with Crippen molar-refractivity contribution in [3.8, 4) is 6.07 Å². The number of nitriles is 1. The molecule has 1 aromatic rings. The van der Waals surface area contributed by atoms with Crippen LogP contribution >= 0.6 is 0 Å². The lowest BCUT2D eigenvalue weighted by molar-refractivity contribution is -0.0300. The van der Waals surface area contributed by atoms with Crippen molar-refractivity contribution < 1.29 is 5.11 Å². The first-order valence-corrected chi connectivity index (χ1v) is 5.38. The molecule has 1 N–H and O–H groups in total. The zero-order valence-electron chi connectivity index (χ0n) is 9.51. The Bertz CT molecular complexity index is 430. The number of anilines is 1. The second-order valence-corrected chi connectivity index (χ2v) is 4.62. The quantitative estimate of drug-likeness (QED) is 0.807. The van der Waals surface area contributed by atoms with E-state index in [4.69, 9.17) is 5.26 Å². The lowest BCUT2D eigenvalue weighted by atomic mass is 9.82. The number of β-amino-alcohol motifs (C(OH)–C–C–N with tert-alkyl or cyclic N) is 1. The molecule has 0 saturated carbocycles. The first-order chi connectivity index (χ1) is 7.57. The molecule has 0 unspecified atom stereocenters. The Labute approximate surface area is 95.1 Å². The van der Waals surface area contributed by atoms with Crippen LogP contribution in [0.3, 0.4) is 0 Å². The van der Waals surface area contributed by atoms with Gasteiger partial charge in [-0.2, -0.15) is 5.26 Å². The first kappa shape index (κ1) is 10.9. The number of pyridine rings is 1. The van der Waals surface area contributed by atoms with Crippen LogP contribution < -0.4 is 4.90 Å². The standard InChI is InChI=1S/C12H15N3O/c1-9(2)12(16)7-15(8-12)11-6-14-4-3-10(11)5-13/h3-4,6,9,16H,7-8H2,1-2H3. The van der Waals surface area contributed by atoms with Crippen molar-refractivity contribution in [2.45, 2.75) is 19.4 Å². The van der Waals surface area contributed by atoms with Gasteiger partial charge in [-0.25, -0.2) is 0 Å². The molecule has 4 nitrogen and oxygen atoms in total. The number of hydrogen-bond acceptors (Lipinski definition) is 4. The van der Waals surface area contributed by atoms with E-state index in [1.807, 2.05) is 18.7 Å². The van der Waals surface area contributed by atoms with E-state index in [0.717, 1.165) is 5.69 Å². The van der Waals surface area contributed by atoms with Crippen LogP contribution in [-0.2, 0) is 0 Å². The molecule has 0 aliphatic carbocycles. The monoisotopic (exact) mass is 217 g/mol. The van der Waals surface area contributed by atoms with Crippen molar-refractivity contribution in [3.05, 3.63) is 24.0 Å². The summed E-state index contributed by atoms with van der Waals surface area (Å²) in [4.78, 5) is 6.01. The summed E-state index contributed by atoms with van der Waals surface area (Å²) in [7, 11) is 0. The van der Waals surface area contributed by atoms with Crippen molar-refractivity contribution in [2.24, 2.45) is 5.92 Å². The topological polar surface area (TPSA) is 60.1 Å². The van der Waals surface area contributed by atoms with E-state index in [9.17, 15) is 5.11 Å². The molecule has 2 rings (SSSR count). The molecule has 1 saturated heterocycles. The van der Waals surface area contributed by atoms with Crippen LogP contribution in [0.2, 0.25) is 0 Å². The van der Waals surface area contributed by atoms with Crippen molar-refractivity contribution >= 4 is 5.69 Å². The Morgan fingerprint density at radius 3 is 2.81 bits per heavy atom. The Morgan fingerprint density at radius 2 is 2.25 bits per heavy atom. The maximum absolute atomic E-state index is 10.1. The molecule has 84 valence electrons. The molecule has 0 atom stereocenters. The predicted octanol–water partition coefficient (Wildman–Crippen LogP) is 1.16. The molecular weight excluding hydrogens is 202 g/mol. The van der Waals surface area contributed by atoms with Crippen LogP contribution in [0.5, 0.6) is 0 Å². The third kappa shape index (κ3) is 1.63. The van der Waals surface area contributed by atoms with Crippen LogP contribution in [0.25, 0.3) is 0 Å². The predicted molar refractivity (Wildman–Crippen MR) is 61.0 cm³/mol. The van der Waals surface area contributed by atoms with Gasteiger partial charge < -0.3 is 10.0 Å². The second-order valence-electron chi connectivity index (χ2n) is 4.62. The number of nitrogens with zero attached hydrogens (tertiary/aromatic N) is 3. The maximum Gasteiger partial charge on any atom is 0.102 e. The summed E-state index contributed by atoms with van der Waals surface area (Å²) in [6, 6.07) is 3.83. The normalized spacial score (nSPS) is 18.1. The van der Waals surface area contributed by atoms with Gasteiger partial charge in [-0.15, -0.1) is 0 Å². The molecule has 1 aliphatic heterocycles. The average Bonchev–Trinajstić information content (AvgIpc) is 2.24. The maximum atomic E-state index is 10.1. The highest BCUT2D eigenvalue weighted by molar-refractivity contribution is 5.60. The van der Waals surface area contributed by atoms with Gasteiger partial charge in [0.15, 0.2) is 0 Å². The van der Waals surface area contributed by atoms with Crippen LogP contribution in [0, 0.1) is 17.2 Å². The minimum Gasteiger partial charge on any atom is -0.386 e. The van der Waals surface area contributed by atoms with E-state index in [0.29, 0.717) is 18.7 Å². The molecule has 0 bridgehead atoms. The molecule has 16 heavy (non-hydrogen) atoms. The fraction of sp³-hybridized carbons (Fsp3) is 0.500. The summed E-state index contributed by atoms with van der Waals surface area (Å²) < 4.78 is 0. The number of aliphatic hydroxyl groups is 1. The van der Waals surface area contributed by atoms with Gasteiger partial charge in [0.05, 0.1) is 17.4 Å². The summed E-state index contributed by atoms with van der Waals surface area (Å²) in [5, 5.41) is 19.1. The fourth-order valence-electron chi connectivity index (χ4n) is 1.88. The van der Waals surface area contributed by atoms with Crippen molar-refractivity contribution in [3.63, 3.8) is 0 Å². The lowest BCUT2D eigenvalue weighted by Crippen LogP contribution is -2.65. The Kier molecular flexibility index (Phi) is 2.56. The van der Waals surface area contributed by atoms with Gasteiger partial charge in [-0.1, -0.05) is 13.8 Å². The van der Waals surface area contributed by atoms with Crippen LogP contribution in [0.15, 0.2) is 18.5 Å². The SMILES string of the molecule is CC(C)C1(O)CN(c2cnccc2C#N)C1. The minimum absolute atomic E-state index is 0.228. The van der Waals surface area contributed by atoms with E-state index in [1.165, 1.54) is 0 Å². The fourth-order valence-corrected chi connectivity index (χ4v) is 1.88. The molecule has 2 heterocycles. The summed E-state index contributed by atoms with van der Waals surface area (Å²) in [5.41, 5.74) is 0.805. The van der Waals surface area contributed by atoms with Gasteiger partial charge >= 0.3 is 0 Å². The molecule has 4 heteroatoms. The van der Waals surface area contributed by atoms with Crippen molar-refractivity contribution in [1.82, 2.24) is 4.98 Å². The highest BCUT2D eigenvalue weighted by atomic mass is 16.3. The largest absolute Gasteiger partial charge is 0.386 e.